The van der Waals surface area contributed by atoms with Crippen LogP contribution in [0.4, 0.5) is 0 Å². The maximum Gasteiger partial charge on any atom is 0.153 e. The molecule has 1 aliphatic carbocycles. The first-order valence-corrected chi connectivity index (χ1v) is 5.33. The lowest BCUT2D eigenvalue weighted by Gasteiger charge is -2.32. The Kier molecular flexibility index (Phi) is 2.35. The number of aliphatic hydroxyl groups excluding tert-OH is 1. The second-order valence-electron chi connectivity index (χ2n) is 5.24. The molecule has 0 aromatic carbocycles. The molecule has 0 unspecified atom stereocenters. The summed E-state index contributed by atoms with van der Waals surface area (Å²) in [6.45, 7) is 5.69. The van der Waals surface area contributed by atoms with Crippen LogP contribution in [0.15, 0.2) is 4.42 Å². The van der Waals surface area contributed by atoms with Crippen molar-refractivity contribution in [2.45, 2.75) is 39.7 Å². The zero-order valence-corrected chi connectivity index (χ0v) is 9.66. The number of fused-ring (bicyclic) bond motifs is 1. The van der Waals surface area contributed by atoms with Gasteiger partial charge in [-0.2, -0.15) is 0 Å². The molecule has 1 aliphatic rings. The highest BCUT2D eigenvalue weighted by molar-refractivity contribution is 5.85. The second-order valence-corrected chi connectivity index (χ2v) is 5.24. The minimum absolute atomic E-state index is 0.0695. The standard InChI is InChI=1S/C12H16O4/c1-6-9-7(13)4-12(2,3)5-8(9)16-10(6)11(14)15/h7,13H,4-5H2,1-3H3,(H,14,15)/p-1/t7-/m1/s1. The third-order valence-corrected chi connectivity index (χ3v) is 3.17. The molecule has 0 bridgehead atoms. The van der Waals surface area contributed by atoms with Crippen molar-refractivity contribution in [3.8, 4) is 0 Å². The minimum Gasteiger partial charge on any atom is -0.542 e. The summed E-state index contributed by atoms with van der Waals surface area (Å²) in [5.41, 5.74) is 1.07. The highest BCUT2D eigenvalue weighted by atomic mass is 16.4. The first kappa shape index (κ1) is 11.2. The molecule has 0 saturated heterocycles. The van der Waals surface area contributed by atoms with Gasteiger partial charge in [0.25, 0.3) is 0 Å². The van der Waals surface area contributed by atoms with Crippen LogP contribution in [0.25, 0.3) is 0 Å². The van der Waals surface area contributed by atoms with Crippen molar-refractivity contribution in [3.05, 3.63) is 22.6 Å². The summed E-state index contributed by atoms with van der Waals surface area (Å²) in [4.78, 5) is 10.8. The molecule has 1 N–H and O–H groups in total. The molecule has 4 nitrogen and oxygen atoms in total. The summed E-state index contributed by atoms with van der Waals surface area (Å²) in [7, 11) is 0. The van der Waals surface area contributed by atoms with Gasteiger partial charge in [0.2, 0.25) is 0 Å². The van der Waals surface area contributed by atoms with Crippen molar-refractivity contribution < 1.29 is 19.4 Å². The Morgan fingerprint density at radius 1 is 1.56 bits per heavy atom. The molecule has 0 radical (unpaired) electrons. The van der Waals surface area contributed by atoms with Crippen LogP contribution in [-0.4, -0.2) is 11.1 Å². The van der Waals surface area contributed by atoms with Crippen molar-refractivity contribution in [2.75, 3.05) is 0 Å². The number of aliphatic hydroxyl groups is 1. The first-order chi connectivity index (χ1) is 7.32. The fraction of sp³-hybridized carbons (Fsp3) is 0.583. The van der Waals surface area contributed by atoms with E-state index in [2.05, 4.69) is 0 Å². The molecule has 4 heteroatoms. The number of furan rings is 1. The number of hydrogen-bond acceptors (Lipinski definition) is 4. The average Bonchev–Trinajstić information content (AvgIpc) is 2.40. The summed E-state index contributed by atoms with van der Waals surface area (Å²) < 4.78 is 5.28. The van der Waals surface area contributed by atoms with E-state index in [1.54, 1.807) is 6.92 Å². The van der Waals surface area contributed by atoms with E-state index in [1.165, 1.54) is 0 Å². The Bertz CT molecular complexity index is 442. The minimum atomic E-state index is -1.32. The van der Waals surface area contributed by atoms with E-state index in [0.29, 0.717) is 29.7 Å². The van der Waals surface area contributed by atoms with E-state index in [0.717, 1.165) is 0 Å². The first-order valence-electron chi connectivity index (χ1n) is 5.33. The summed E-state index contributed by atoms with van der Waals surface area (Å²) in [6, 6.07) is 0. The number of aromatic carboxylic acids is 1. The van der Waals surface area contributed by atoms with Crippen molar-refractivity contribution in [2.24, 2.45) is 5.41 Å². The maximum absolute atomic E-state index is 10.8. The van der Waals surface area contributed by atoms with Gasteiger partial charge in [-0.05, 0) is 18.8 Å². The summed E-state index contributed by atoms with van der Waals surface area (Å²) in [6.07, 6.45) is 0.621. The molecular formula is C12H15O4-. The van der Waals surface area contributed by atoms with Gasteiger partial charge in [0.05, 0.1) is 6.10 Å². The number of hydrogen-bond donors (Lipinski definition) is 1. The maximum atomic E-state index is 10.8. The molecule has 0 spiro atoms. The van der Waals surface area contributed by atoms with Crippen molar-refractivity contribution in [1.29, 1.82) is 0 Å². The quantitative estimate of drug-likeness (QED) is 0.769. The van der Waals surface area contributed by atoms with Crippen LogP contribution in [-0.2, 0) is 6.42 Å². The van der Waals surface area contributed by atoms with Crippen LogP contribution < -0.4 is 5.11 Å². The van der Waals surface area contributed by atoms with Crippen LogP contribution in [0.1, 0.15) is 53.8 Å². The Morgan fingerprint density at radius 3 is 2.75 bits per heavy atom. The topological polar surface area (TPSA) is 73.5 Å². The van der Waals surface area contributed by atoms with Crippen LogP contribution >= 0.6 is 0 Å². The zero-order valence-electron chi connectivity index (χ0n) is 9.66. The van der Waals surface area contributed by atoms with Crippen molar-refractivity contribution >= 4 is 5.97 Å². The molecule has 88 valence electrons. The summed E-state index contributed by atoms with van der Waals surface area (Å²) in [5, 5.41) is 20.8. The predicted molar refractivity (Wildman–Crippen MR) is 54.8 cm³/mol. The molecule has 16 heavy (non-hydrogen) atoms. The van der Waals surface area contributed by atoms with Gasteiger partial charge in [0.1, 0.15) is 11.7 Å². The van der Waals surface area contributed by atoms with E-state index in [1.807, 2.05) is 13.8 Å². The lowest BCUT2D eigenvalue weighted by molar-refractivity contribution is -0.257. The van der Waals surface area contributed by atoms with E-state index in [4.69, 9.17) is 4.42 Å². The largest absolute Gasteiger partial charge is 0.542 e. The van der Waals surface area contributed by atoms with Crippen LogP contribution in [0, 0.1) is 12.3 Å². The third-order valence-electron chi connectivity index (χ3n) is 3.17. The van der Waals surface area contributed by atoms with Crippen LogP contribution in [0.3, 0.4) is 0 Å². The van der Waals surface area contributed by atoms with Gasteiger partial charge in [-0.15, -0.1) is 0 Å². The molecule has 1 heterocycles. The number of carboxylic acids is 1. The fourth-order valence-electron chi connectivity index (χ4n) is 2.48. The Balaban J connectivity index is 2.54. The highest BCUT2D eigenvalue weighted by Crippen LogP contribution is 2.43. The lowest BCUT2D eigenvalue weighted by Crippen LogP contribution is -2.25. The van der Waals surface area contributed by atoms with Crippen molar-refractivity contribution in [1.82, 2.24) is 0 Å². The Hall–Kier alpha value is -1.29. The van der Waals surface area contributed by atoms with E-state index in [9.17, 15) is 15.0 Å². The number of carbonyl (C=O) groups is 1. The Morgan fingerprint density at radius 2 is 2.19 bits per heavy atom. The Labute approximate surface area is 93.9 Å². The predicted octanol–water partition coefficient (Wildman–Crippen LogP) is 0.957. The van der Waals surface area contributed by atoms with Gasteiger partial charge in [-0.1, -0.05) is 13.8 Å². The van der Waals surface area contributed by atoms with Gasteiger partial charge < -0.3 is 19.4 Å². The zero-order chi connectivity index (χ0) is 12.1. The SMILES string of the molecule is Cc1c(C(=O)[O-])oc2c1[C@H](O)CC(C)(C)C2. The van der Waals surface area contributed by atoms with Crippen LogP contribution in [0.2, 0.25) is 0 Å². The normalized spacial score (nSPS) is 22.9. The molecule has 0 aliphatic heterocycles. The molecule has 1 atom stereocenters. The van der Waals surface area contributed by atoms with Gasteiger partial charge in [-0.3, -0.25) is 0 Å². The van der Waals surface area contributed by atoms with E-state index in [-0.39, 0.29) is 11.2 Å². The fourth-order valence-corrected chi connectivity index (χ4v) is 2.48. The molecule has 1 aromatic heterocycles. The molecule has 0 amide bonds. The smallest absolute Gasteiger partial charge is 0.153 e. The van der Waals surface area contributed by atoms with Gasteiger partial charge in [0, 0.05) is 17.5 Å². The summed E-state index contributed by atoms with van der Waals surface area (Å²) >= 11 is 0. The third kappa shape index (κ3) is 1.63. The molecule has 1 aromatic rings. The molecule has 0 fully saturated rings. The van der Waals surface area contributed by atoms with Gasteiger partial charge in [-0.25, -0.2) is 0 Å². The van der Waals surface area contributed by atoms with Crippen molar-refractivity contribution in [3.63, 3.8) is 0 Å². The second kappa shape index (κ2) is 3.35. The molecular weight excluding hydrogens is 208 g/mol. The highest BCUT2D eigenvalue weighted by Gasteiger charge is 2.36. The molecule has 2 rings (SSSR count). The number of carbonyl (C=O) groups excluding carboxylic acids is 1. The van der Waals surface area contributed by atoms with Gasteiger partial charge >= 0.3 is 0 Å². The average molecular weight is 223 g/mol. The molecule has 0 saturated carbocycles. The number of carboxylic acid groups (broad SMARTS) is 1. The van der Waals surface area contributed by atoms with E-state index < -0.39 is 12.1 Å². The summed E-state index contributed by atoms with van der Waals surface area (Å²) in [5.74, 6) is -0.890. The monoisotopic (exact) mass is 223 g/mol. The number of rotatable bonds is 1. The van der Waals surface area contributed by atoms with E-state index >= 15 is 0 Å². The lowest BCUT2D eigenvalue weighted by atomic mass is 9.75. The van der Waals surface area contributed by atoms with Gasteiger partial charge in [0.15, 0.2) is 5.76 Å². The van der Waals surface area contributed by atoms with Crippen LogP contribution in [0.5, 0.6) is 0 Å².